The summed E-state index contributed by atoms with van der Waals surface area (Å²) in [5.74, 6) is -0.820. The quantitative estimate of drug-likeness (QED) is 0.319. The second-order valence-corrected chi connectivity index (χ2v) is 9.53. The fraction of sp³-hybridized carbons (Fsp3) is 0.435. The van der Waals surface area contributed by atoms with Gasteiger partial charge in [-0.2, -0.15) is 0 Å². The minimum Gasteiger partial charge on any atom is -0.492 e. The maximum atomic E-state index is 14.2. The molecule has 2 saturated carbocycles. The van der Waals surface area contributed by atoms with E-state index in [0.29, 0.717) is 31.1 Å². The van der Waals surface area contributed by atoms with Crippen LogP contribution in [0, 0.1) is 17.7 Å². The molecule has 0 saturated heterocycles. The van der Waals surface area contributed by atoms with Crippen LogP contribution in [0.2, 0.25) is 0 Å². The number of benzene rings is 2. The van der Waals surface area contributed by atoms with Gasteiger partial charge in [0.1, 0.15) is 23.9 Å². The van der Waals surface area contributed by atoms with Gasteiger partial charge in [-0.15, -0.1) is 0 Å². The lowest BCUT2D eigenvalue weighted by Crippen LogP contribution is -2.24. The number of carbonyl (C=O) groups is 1. The minimum atomic E-state index is -2.61. The number of ether oxygens (including phenoxy) is 3. The Balaban J connectivity index is 1.56. The summed E-state index contributed by atoms with van der Waals surface area (Å²) in [6, 6.07) is 7.25. The second-order valence-electron chi connectivity index (χ2n) is 8.70. The van der Waals surface area contributed by atoms with E-state index in [1.807, 2.05) is 0 Å². The molecule has 3 aliphatic rings. The Morgan fingerprint density at radius 2 is 2.00 bits per heavy atom. The molecule has 2 aromatic carbocycles. The lowest BCUT2D eigenvalue weighted by molar-refractivity contribution is -0.0348. The molecular formula is C23H24FNO7S. The fourth-order valence-corrected chi connectivity index (χ4v) is 5.47. The van der Waals surface area contributed by atoms with Crippen LogP contribution >= 0.6 is 0 Å². The van der Waals surface area contributed by atoms with Crippen LogP contribution in [0.25, 0.3) is 0 Å². The van der Waals surface area contributed by atoms with Crippen LogP contribution in [0.5, 0.6) is 5.75 Å². The lowest BCUT2D eigenvalue weighted by Gasteiger charge is -2.27. The average Bonchev–Trinajstić information content (AvgIpc) is 3.69. The molecule has 0 bridgehead atoms. The summed E-state index contributed by atoms with van der Waals surface area (Å²) in [5, 5.41) is 10.0. The highest BCUT2D eigenvalue weighted by atomic mass is 32.2. The average molecular weight is 478 g/mol. The number of hydrogen-bond acceptors (Lipinski definition) is 5. The Kier molecular flexibility index (Phi) is 5.86. The van der Waals surface area contributed by atoms with E-state index in [4.69, 9.17) is 14.2 Å². The molecule has 2 aliphatic carbocycles. The Labute approximate surface area is 192 Å². The maximum absolute atomic E-state index is 14.2. The zero-order valence-electron chi connectivity index (χ0n) is 17.9. The topological polar surface area (TPSA) is 106 Å². The summed E-state index contributed by atoms with van der Waals surface area (Å²) in [7, 11) is 1.52. The van der Waals surface area contributed by atoms with E-state index in [9.17, 15) is 23.1 Å². The minimum absolute atomic E-state index is 0.0295. The molecule has 5 atom stereocenters. The van der Waals surface area contributed by atoms with Crippen molar-refractivity contribution in [3.63, 3.8) is 0 Å². The SMILES string of the molecule is COCOCC1CC1c1cc(F)ccc1N(c1ccc2c(c1C(=O)O)OC[C@@H]1C[C@H]21)S(=O)O. The molecule has 1 heterocycles. The van der Waals surface area contributed by atoms with Gasteiger partial charge in [-0.25, -0.2) is 17.7 Å². The van der Waals surface area contributed by atoms with Gasteiger partial charge in [0.15, 0.2) is 0 Å². The number of fused-ring (bicyclic) bond motifs is 3. The first kappa shape index (κ1) is 22.3. The third kappa shape index (κ3) is 4.12. The van der Waals surface area contributed by atoms with Gasteiger partial charge in [0, 0.05) is 13.0 Å². The van der Waals surface area contributed by atoms with Crippen molar-refractivity contribution in [1.29, 1.82) is 0 Å². The van der Waals surface area contributed by atoms with E-state index in [0.717, 1.165) is 16.3 Å². The number of nitrogens with zero attached hydrogens (tertiary/aromatic N) is 1. The summed E-state index contributed by atoms with van der Waals surface area (Å²) < 4.78 is 54.1. The molecule has 5 rings (SSSR count). The molecule has 0 radical (unpaired) electrons. The summed E-state index contributed by atoms with van der Waals surface area (Å²) in [4.78, 5) is 12.3. The van der Waals surface area contributed by atoms with Gasteiger partial charge in [-0.3, -0.25) is 4.55 Å². The van der Waals surface area contributed by atoms with Gasteiger partial charge in [-0.1, -0.05) is 6.07 Å². The van der Waals surface area contributed by atoms with E-state index < -0.39 is 23.1 Å². The fourth-order valence-electron chi connectivity index (χ4n) is 4.82. The molecule has 10 heteroatoms. The molecule has 176 valence electrons. The number of aromatic carboxylic acids is 1. The maximum Gasteiger partial charge on any atom is 0.341 e. The van der Waals surface area contributed by atoms with Crippen molar-refractivity contribution < 1.29 is 37.3 Å². The Morgan fingerprint density at radius 3 is 2.73 bits per heavy atom. The highest BCUT2D eigenvalue weighted by Crippen LogP contribution is 2.56. The largest absolute Gasteiger partial charge is 0.492 e. The first-order valence-corrected chi connectivity index (χ1v) is 11.8. The number of methoxy groups -OCH3 is 1. The highest BCUT2D eigenvalue weighted by Gasteiger charge is 2.46. The predicted octanol–water partition coefficient (Wildman–Crippen LogP) is 4.02. The van der Waals surface area contributed by atoms with Crippen molar-refractivity contribution in [1.82, 2.24) is 0 Å². The van der Waals surface area contributed by atoms with Gasteiger partial charge in [0.25, 0.3) is 11.3 Å². The first-order valence-electron chi connectivity index (χ1n) is 10.7. The summed E-state index contributed by atoms with van der Waals surface area (Å²) in [6.45, 7) is 0.980. The summed E-state index contributed by atoms with van der Waals surface area (Å²) >= 11 is -2.61. The van der Waals surface area contributed by atoms with Crippen molar-refractivity contribution in [2.45, 2.75) is 24.7 Å². The molecule has 2 fully saturated rings. The molecule has 2 N–H and O–H groups in total. The van der Waals surface area contributed by atoms with Crippen LogP contribution in [0.4, 0.5) is 15.8 Å². The number of carboxylic acids is 1. The Bertz CT molecular complexity index is 1130. The predicted molar refractivity (Wildman–Crippen MR) is 118 cm³/mol. The lowest BCUT2D eigenvalue weighted by atomic mass is 9.99. The molecular weight excluding hydrogens is 453 g/mol. The molecule has 0 spiro atoms. The highest BCUT2D eigenvalue weighted by molar-refractivity contribution is 7.81. The van der Waals surface area contributed by atoms with E-state index >= 15 is 0 Å². The van der Waals surface area contributed by atoms with Gasteiger partial charge in [-0.05, 0) is 66.0 Å². The van der Waals surface area contributed by atoms with Crippen LogP contribution < -0.4 is 9.04 Å². The number of carboxylic acid groups (broad SMARTS) is 1. The number of anilines is 2. The van der Waals surface area contributed by atoms with E-state index in [1.54, 1.807) is 12.1 Å². The van der Waals surface area contributed by atoms with Gasteiger partial charge >= 0.3 is 5.97 Å². The standard InChI is InChI=1S/C23H24FNO7S/c1-30-11-31-9-12-6-17(12)18-8-14(24)2-4-19(18)25(33(28)29)20-5-3-15-16-7-13(16)10-32-22(15)21(20)23(26)27/h2-5,8,12-13,16-17H,6-7,9-11H2,1H3,(H,26,27)(H,28,29)/t12?,13-,16-,17?/m0/s1. The summed E-state index contributed by atoms with van der Waals surface area (Å²) in [5.41, 5.74) is 1.49. The van der Waals surface area contributed by atoms with Crippen molar-refractivity contribution in [3.8, 4) is 5.75 Å². The number of halogens is 1. The summed E-state index contributed by atoms with van der Waals surface area (Å²) in [6.07, 6.45) is 1.66. The van der Waals surface area contributed by atoms with Crippen molar-refractivity contribution in [2.75, 3.05) is 31.4 Å². The Morgan fingerprint density at radius 1 is 1.21 bits per heavy atom. The monoisotopic (exact) mass is 477 g/mol. The molecule has 8 nitrogen and oxygen atoms in total. The van der Waals surface area contributed by atoms with Crippen molar-refractivity contribution in [2.24, 2.45) is 11.8 Å². The molecule has 1 aliphatic heterocycles. The normalized spacial score (nSPS) is 25.4. The van der Waals surface area contributed by atoms with Gasteiger partial charge in [0.2, 0.25) is 0 Å². The molecule has 0 aromatic heterocycles. The third-order valence-electron chi connectivity index (χ3n) is 6.58. The Hall–Kier alpha value is -2.53. The second kappa shape index (κ2) is 8.68. The van der Waals surface area contributed by atoms with E-state index in [-0.39, 0.29) is 47.2 Å². The van der Waals surface area contributed by atoms with Crippen molar-refractivity contribution >= 4 is 28.6 Å². The van der Waals surface area contributed by atoms with Crippen LogP contribution in [0.3, 0.4) is 0 Å². The molecule has 0 amide bonds. The van der Waals surface area contributed by atoms with Crippen LogP contribution in [0.1, 0.15) is 46.2 Å². The van der Waals surface area contributed by atoms with Gasteiger partial charge in [0.05, 0.1) is 24.6 Å². The van der Waals surface area contributed by atoms with E-state index in [1.165, 1.54) is 25.3 Å². The zero-order valence-corrected chi connectivity index (χ0v) is 18.7. The zero-order chi connectivity index (χ0) is 23.3. The van der Waals surface area contributed by atoms with Crippen LogP contribution in [-0.2, 0) is 20.7 Å². The third-order valence-corrected chi connectivity index (χ3v) is 7.29. The van der Waals surface area contributed by atoms with Gasteiger partial charge < -0.3 is 19.3 Å². The smallest absolute Gasteiger partial charge is 0.341 e. The van der Waals surface area contributed by atoms with Crippen LogP contribution in [0.15, 0.2) is 30.3 Å². The molecule has 3 unspecified atom stereocenters. The molecule has 2 aromatic rings. The first-order chi connectivity index (χ1) is 15.9. The van der Waals surface area contributed by atoms with Crippen molar-refractivity contribution in [3.05, 3.63) is 52.8 Å². The number of rotatable bonds is 9. The number of hydrogen-bond donors (Lipinski definition) is 2. The molecule has 33 heavy (non-hydrogen) atoms. The van der Waals surface area contributed by atoms with Crippen LogP contribution in [-0.4, -0.2) is 47.0 Å². The van der Waals surface area contributed by atoms with E-state index in [2.05, 4.69) is 0 Å².